The van der Waals surface area contributed by atoms with Gasteiger partial charge in [-0.3, -0.25) is 9.69 Å². The van der Waals surface area contributed by atoms with Crippen LogP contribution in [0.5, 0.6) is 0 Å². The second-order valence-corrected chi connectivity index (χ2v) is 4.41. The van der Waals surface area contributed by atoms with E-state index in [1.165, 1.54) is 0 Å². The minimum atomic E-state index is -0.277. The van der Waals surface area contributed by atoms with Gasteiger partial charge >= 0.3 is 0 Å². The minimum Gasteiger partial charge on any atom is -0.304 e. The lowest BCUT2D eigenvalue weighted by Crippen LogP contribution is -2.56. The summed E-state index contributed by atoms with van der Waals surface area (Å²) >= 11 is 0. The van der Waals surface area contributed by atoms with Crippen molar-refractivity contribution in [3.63, 3.8) is 0 Å². The molecule has 3 nitrogen and oxygen atoms in total. The molecule has 0 radical (unpaired) electrons. The van der Waals surface area contributed by atoms with Crippen molar-refractivity contribution in [2.75, 3.05) is 33.2 Å². The standard InChI is InChI=1S/C10H20N2O/c1-9(13)10(2,3)12-7-5-11(4)6-8-12/h5-8H2,1-4H3. The molecule has 0 aromatic rings. The number of rotatable bonds is 2. The van der Waals surface area contributed by atoms with Gasteiger partial charge in [0.2, 0.25) is 0 Å². The topological polar surface area (TPSA) is 23.6 Å². The molecule has 0 atom stereocenters. The van der Waals surface area contributed by atoms with Crippen LogP contribution in [-0.4, -0.2) is 54.3 Å². The minimum absolute atomic E-state index is 0.261. The molecular weight excluding hydrogens is 164 g/mol. The van der Waals surface area contributed by atoms with Gasteiger partial charge < -0.3 is 4.90 Å². The molecule has 0 amide bonds. The number of carbonyl (C=O) groups excluding carboxylic acids is 1. The zero-order chi connectivity index (χ0) is 10.1. The molecular formula is C10H20N2O. The zero-order valence-electron chi connectivity index (χ0n) is 9.13. The summed E-state index contributed by atoms with van der Waals surface area (Å²) in [5.74, 6) is 0.261. The number of carbonyl (C=O) groups is 1. The Morgan fingerprint density at radius 1 is 1.15 bits per heavy atom. The van der Waals surface area contributed by atoms with Crippen molar-refractivity contribution in [2.24, 2.45) is 0 Å². The first-order chi connectivity index (χ1) is 5.94. The molecule has 13 heavy (non-hydrogen) atoms. The van der Waals surface area contributed by atoms with Crippen LogP contribution in [-0.2, 0) is 4.79 Å². The zero-order valence-corrected chi connectivity index (χ0v) is 9.13. The van der Waals surface area contributed by atoms with Gasteiger partial charge in [-0.15, -0.1) is 0 Å². The fourth-order valence-corrected chi connectivity index (χ4v) is 1.59. The lowest BCUT2D eigenvalue weighted by atomic mass is 9.97. The molecule has 0 spiro atoms. The lowest BCUT2D eigenvalue weighted by molar-refractivity contribution is -0.128. The lowest BCUT2D eigenvalue weighted by Gasteiger charge is -2.41. The van der Waals surface area contributed by atoms with E-state index < -0.39 is 0 Å². The van der Waals surface area contributed by atoms with Crippen LogP contribution in [0, 0.1) is 0 Å². The molecule has 0 aromatic carbocycles. The smallest absolute Gasteiger partial charge is 0.149 e. The third-order valence-electron chi connectivity index (χ3n) is 3.16. The Balaban J connectivity index is 2.58. The van der Waals surface area contributed by atoms with Crippen LogP contribution in [0.1, 0.15) is 20.8 Å². The van der Waals surface area contributed by atoms with E-state index in [2.05, 4.69) is 16.8 Å². The van der Waals surface area contributed by atoms with Crippen molar-refractivity contribution in [3.05, 3.63) is 0 Å². The normalized spacial score (nSPS) is 21.8. The van der Waals surface area contributed by atoms with Crippen LogP contribution >= 0.6 is 0 Å². The maximum Gasteiger partial charge on any atom is 0.149 e. The van der Waals surface area contributed by atoms with Crippen molar-refractivity contribution in [3.8, 4) is 0 Å². The van der Waals surface area contributed by atoms with Crippen LogP contribution in [0.3, 0.4) is 0 Å². The summed E-state index contributed by atoms with van der Waals surface area (Å²) in [4.78, 5) is 16.0. The molecule has 0 saturated carbocycles. The monoisotopic (exact) mass is 184 g/mol. The summed E-state index contributed by atoms with van der Waals surface area (Å²) in [6.07, 6.45) is 0. The van der Waals surface area contributed by atoms with Crippen molar-refractivity contribution >= 4 is 5.78 Å². The van der Waals surface area contributed by atoms with Gasteiger partial charge in [-0.2, -0.15) is 0 Å². The van der Waals surface area contributed by atoms with Gasteiger partial charge in [0.15, 0.2) is 0 Å². The average molecular weight is 184 g/mol. The third kappa shape index (κ3) is 2.29. The molecule has 1 aliphatic rings. The molecule has 0 bridgehead atoms. The summed E-state index contributed by atoms with van der Waals surface area (Å²) < 4.78 is 0. The first-order valence-corrected chi connectivity index (χ1v) is 4.89. The third-order valence-corrected chi connectivity index (χ3v) is 3.16. The fraction of sp³-hybridized carbons (Fsp3) is 0.900. The van der Waals surface area contributed by atoms with E-state index in [1.807, 2.05) is 13.8 Å². The molecule has 1 heterocycles. The Bertz CT molecular complexity index is 193. The van der Waals surface area contributed by atoms with E-state index in [1.54, 1.807) is 6.92 Å². The van der Waals surface area contributed by atoms with E-state index in [4.69, 9.17) is 0 Å². The summed E-state index contributed by atoms with van der Waals surface area (Å²) in [6, 6.07) is 0. The largest absolute Gasteiger partial charge is 0.304 e. The van der Waals surface area contributed by atoms with Crippen molar-refractivity contribution < 1.29 is 4.79 Å². The maximum absolute atomic E-state index is 11.4. The van der Waals surface area contributed by atoms with E-state index in [9.17, 15) is 4.79 Å². The Hall–Kier alpha value is -0.410. The maximum atomic E-state index is 11.4. The average Bonchev–Trinajstić information content (AvgIpc) is 2.04. The predicted molar refractivity (Wildman–Crippen MR) is 53.8 cm³/mol. The van der Waals surface area contributed by atoms with E-state index in [-0.39, 0.29) is 11.3 Å². The molecule has 0 aromatic heterocycles. The van der Waals surface area contributed by atoms with Gasteiger partial charge in [0.05, 0.1) is 5.54 Å². The van der Waals surface area contributed by atoms with Gasteiger partial charge in [-0.25, -0.2) is 0 Å². The molecule has 1 rings (SSSR count). The second-order valence-electron chi connectivity index (χ2n) is 4.41. The van der Waals surface area contributed by atoms with Crippen LogP contribution in [0.15, 0.2) is 0 Å². The van der Waals surface area contributed by atoms with Crippen molar-refractivity contribution in [1.29, 1.82) is 0 Å². The number of ketones is 1. The van der Waals surface area contributed by atoms with E-state index in [0.29, 0.717) is 0 Å². The van der Waals surface area contributed by atoms with Crippen LogP contribution < -0.4 is 0 Å². The highest BCUT2D eigenvalue weighted by Crippen LogP contribution is 2.17. The highest BCUT2D eigenvalue weighted by molar-refractivity contribution is 5.85. The molecule has 3 heteroatoms. The summed E-state index contributed by atoms with van der Waals surface area (Å²) in [5.41, 5.74) is -0.277. The molecule has 76 valence electrons. The van der Waals surface area contributed by atoms with E-state index >= 15 is 0 Å². The second kappa shape index (κ2) is 3.76. The number of Topliss-reactive ketones (excluding diaryl/α,β-unsaturated/α-hetero) is 1. The molecule has 1 fully saturated rings. The summed E-state index contributed by atoms with van der Waals surface area (Å²) in [5, 5.41) is 0. The van der Waals surface area contributed by atoms with Gasteiger partial charge in [0.25, 0.3) is 0 Å². The molecule has 0 unspecified atom stereocenters. The van der Waals surface area contributed by atoms with Crippen LogP contribution in [0.4, 0.5) is 0 Å². The molecule has 0 aliphatic carbocycles. The Morgan fingerprint density at radius 2 is 1.62 bits per heavy atom. The van der Waals surface area contributed by atoms with Crippen LogP contribution in [0.25, 0.3) is 0 Å². The molecule has 1 saturated heterocycles. The SMILES string of the molecule is CC(=O)C(C)(C)N1CCN(C)CC1. The summed E-state index contributed by atoms with van der Waals surface area (Å²) in [6.45, 7) is 9.85. The molecule has 0 N–H and O–H groups in total. The number of hydrogen-bond donors (Lipinski definition) is 0. The van der Waals surface area contributed by atoms with E-state index in [0.717, 1.165) is 26.2 Å². The summed E-state index contributed by atoms with van der Waals surface area (Å²) in [7, 11) is 2.12. The number of hydrogen-bond acceptors (Lipinski definition) is 3. The van der Waals surface area contributed by atoms with Crippen LogP contribution in [0.2, 0.25) is 0 Å². The van der Waals surface area contributed by atoms with Crippen molar-refractivity contribution in [2.45, 2.75) is 26.3 Å². The fourth-order valence-electron chi connectivity index (χ4n) is 1.59. The quantitative estimate of drug-likeness (QED) is 0.628. The van der Waals surface area contributed by atoms with Gasteiger partial charge in [-0.05, 0) is 27.8 Å². The molecule has 1 aliphatic heterocycles. The Labute approximate surface area is 80.7 Å². The van der Waals surface area contributed by atoms with Gasteiger partial charge in [0.1, 0.15) is 5.78 Å². The first kappa shape index (κ1) is 10.7. The Kier molecular flexibility index (Phi) is 3.09. The number of piperazine rings is 1. The van der Waals surface area contributed by atoms with Gasteiger partial charge in [-0.1, -0.05) is 0 Å². The predicted octanol–water partition coefficient (Wildman–Crippen LogP) is 0.601. The number of likely N-dealkylation sites (N-methyl/N-ethyl adjacent to an activating group) is 1. The number of nitrogens with zero attached hydrogens (tertiary/aromatic N) is 2. The highest BCUT2D eigenvalue weighted by Gasteiger charge is 2.32. The van der Waals surface area contributed by atoms with Gasteiger partial charge in [0, 0.05) is 26.2 Å². The highest BCUT2D eigenvalue weighted by atomic mass is 16.1. The Morgan fingerprint density at radius 3 is 2.00 bits per heavy atom. The first-order valence-electron chi connectivity index (χ1n) is 4.89. The van der Waals surface area contributed by atoms with Crippen molar-refractivity contribution in [1.82, 2.24) is 9.80 Å².